The molecule has 3 rings (SSSR count). The Morgan fingerprint density at radius 1 is 1.20 bits per heavy atom. The Balaban J connectivity index is 1.42. The predicted molar refractivity (Wildman–Crippen MR) is 124 cm³/mol. The van der Waals surface area contributed by atoms with Crippen molar-refractivity contribution in [1.82, 2.24) is 16.0 Å². The van der Waals surface area contributed by atoms with Crippen LogP contribution in [0.4, 0.5) is 5.00 Å². The fraction of sp³-hybridized carbons (Fsp3) is 0.455. The average Bonchev–Trinajstić information content (AvgIpc) is 3.32. The lowest BCUT2D eigenvalue weighted by Gasteiger charge is -2.33. The summed E-state index contributed by atoms with van der Waals surface area (Å²) in [7, 11) is 1.61. The van der Waals surface area contributed by atoms with Gasteiger partial charge in [0.15, 0.2) is 5.96 Å². The van der Waals surface area contributed by atoms with Gasteiger partial charge in [0, 0.05) is 37.8 Å². The molecule has 0 bridgehead atoms. The molecule has 0 atom stereocenters. The zero-order chi connectivity index (χ0) is 21.2. The number of carbonyl (C=O) groups is 1. The number of rotatable bonds is 8. The van der Waals surface area contributed by atoms with Crippen LogP contribution in [-0.4, -0.2) is 57.7 Å². The fourth-order valence-corrected chi connectivity index (χ4v) is 4.17. The highest BCUT2D eigenvalue weighted by atomic mass is 32.1. The minimum Gasteiger partial charge on any atom is -0.497 e. The molecule has 162 valence electrons. The van der Waals surface area contributed by atoms with Crippen LogP contribution in [0, 0.1) is 0 Å². The van der Waals surface area contributed by atoms with Crippen LogP contribution in [0.5, 0.6) is 5.75 Å². The molecule has 0 aliphatic carbocycles. The van der Waals surface area contributed by atoms with E-state index in [1.54, 1.807) is 42.7 Å². The quantitative estimate of drug-likeness (QED) is 0.342. The minimum absolute atomic E-state index is 0.105. The third kappa shape index (κ3) is 6.38. The Labute approximate surface area is 182 Å². The summed E-state index contributed by atoms with van der Waals surface area (Å²) in [5, 5.41) is 13.2. The van der Waals surface area contributed by atoms with Gasteiger partial charge in [-0.3, -0.25) is 9.79 Å². The van der Waals surface area contributed by atoms with Crippen LogP contribution in [0.2, 0.25) is 0 Å². The lowest BCUT2D eigenvalue weighted by Crippen LogP contribution is -2.48. The molecule has 8 heteroatoms. The molecule has 1 aliphatic heterocycles. The van der Waals surface area contributed by atoms with Crippen molar-refractivity contribution in [3.63, 3.8) is 0 Å². The number of thiophene rings is 1. The number of piperidine rings is 1. The highest BCUT2D eigenvalue weighted by Gasteiger charge is 2.20. The monoisotopic (exact) mass is 429 g/mol. The first-order valence-electron chi connectivity index (χ1n) is 10.4. The smallest absolute Gasteiger partial charge is 0.251 e. The second-order valence-electron chi connectivity index (χ2n) is 7.10. The van der Waals surface area contributed by atoms with E-state index in [0.717, 1.165) is 44.2 Å². The topological polar surface area (TPSA) is 78.0 Å². The van der Waals surface area contributed by atoms with E-state index in [1.165, 1.54) is 5.00 Å². The molecule has 1 aromatic heterocycles. The van der Waals surface area contributed by atoms with Gasteiger partial charge in [-0.15, -0.1) is 11.3 Å². The normalized spacial score (nSPS) is 15.0. The number of hydrogen-bond donors (Lipinski definition) is 3. The molecule has 0 saturated carbocycles. The standard InChI is InChI=1S/C22H31N5O2S/c1-3-23-22(26-18-10-14-27(15-11-18)20-5-4-16-30-20)25-13-12-24-21(28)17-6-8-19(29-2)9-7-17/h4-9,16,18H,3,10-15H2,1-2H3,(H,24,28)(H2,23,25,26). The van der Waals surface area contributed by atoms with Gasteiger partial charge < -0.3 is 25.6 Å². The van der Waals surface area contributed by atoms with E-state index in [9.17, 15) is 4.79 Å². The molecule has 7 nitrogen and oxygen atoms in total. The summed E-state index contributed by atoms with van der Waals surface area (Å²) < 4.78 is 5.12. The summed E-state index contributed by atoms with van der Waals surface area (Å²) in [6.07, 6.45) is 2.16. The molecule has 1 saturated heterocycles. The zero-order valence-corrected chi connectivity index (χ0v) is 18.5. The molecule has 3 N–H and O–H groups in total. The third-order valence-electron chi connectivity index (χ3n) is 5.02. The van der Waals surface area contributed by atoms with Gasteiger partial charge >= 0.3 is 0 Å². The Morgan fingerprint density at radius 3 is 2.60 bits per heavy atom. The molecule has 0 spiro atoms. The van der Waals surface area contributed by atoms with Crippen LogP contribution in [0.1, 0.15) is 30.1 Å². The van der Waals surface area contributed by atoms with E-state index in [4.69, 9.17) is 4.74 Å². The van der Waals surface area contributed by atoms with Crippen LogP contribution >= 0.6 is 11.3 Å². The van der Waals surface area contributed by atoms with Crippen molar-refractivity contribution in [3.8, 4) is 5.75 Å². The summed E-state index contributed by atoms with van der Waals surface area (Å²) in [6.45, 7) is 5.97. The van der Waals surface area contributed by atoms with Crippen LogP contribution in [-0.2, 0) is 0 Å². The number of hydrogen-bond acceptors (Lipinski definition) is 5. The second-order valence-corrected chi connectivity index (χ2v) is 8.03. The SMILES string of the molecule is CCNC(=NCCNC(=O)c1ccc(OC)cc1)NC1CCN(c2cccs2)CC1. The molecule has 1 aromatic carbocycles. The minimum atomic E-state index is -0.105. The number of carbonyl (C=O) groups excluding carboxylic acids is 1. The van der Waals surface area contributed by atoms with Crippen molar-refractivity contribution >= 4 is 28.2 Å². The van der Waals surface area contributed by atoms with Gasteiger partial charge in [-0.1, -0.05) is 0 Å². The van der Waals surface area contributed by atoms with Crippen LogP contribution in [0.25, 0.3) is 0 Å². The van der Waals surface area contributed by atoms with Crippen molar-refractivity contribution in [2.75, 3.05) is 44.7 Å². The lowest BCUT2D eigenvalue weighted by atomic mass is 10.1. The van der Waals surface area contributed by atoms with E-state index >= 15 is 0 Å². The van der Waals surface area contributed by atoms with Crippen molar-refractivity contribution in [2.24, 2.45) is 4.99 Å². The first-order valence-corrected chi connectivity index (χ1v) is 11.3. The molecular formula is C22H31N5O2S. The largest absolute Gasteiger partial charge is 0.497 e. The van der Waals surface area contributed by atoms with Gasteiger partial charge in [-0.25, -0.2) is 0 Å². The number of amides is 1. The van der Waals surface area contributed by atoms with Crippen molar-refractivity contribution in [2.45, 2.75) is 25.8 Å². The number of aliphatic imine (C=N–C) groups is 1. The van der Waals surface area contributed by atoms with Gasteiger partial charge in [0.25, 0.3) is 5.91 Å². The van der Waals surface area contributed by atoms with Crippen LogP contribution < -0.4 is 25.6 Å². The number of guanidine groups is 1. The zero-order valence-electron chi connectivity index (χ0n) is 17.7. The van der Waals surface area contributed by atoms with Gasteiger partial charge in [-0.05, 0) is 61.5 Å². The molecule has 1 aliphatic rings. The summed E-state index contributed by atoms with van der Waals surface area (Å²) in [4.78, 5) is 19.3. The number of methoxy groups -OCH3 is 1. The fourth-order valence-electron chi connectivity index (χ4n) is 3.39. The molecule has 30 heavy (non-hydrogen) atoms. The Kier molecular flexibility index (Phi) is 8.38. The van der Waals surface area contributed by atoms with E-state index in [0.29, 0.717) is 24.7 Å². The summed E-state index contributed by atoms with van der Waals surface area (Å²) in [6, 6.07) is 11.8. The van der Waals surface area contributed by atoms with Crippen LogP contribution in [0.15, 0.2) is 46.8 Å². The number of ether oxygens (including phenoxy) is 1. The van der Waals surface area contributed by atoms with Crippen molar-refractivity contribution in [1.29, 1.82) is 0 Å². The van der Waals surface area contributed by atoms with E-state index in [2.05, 4.69) is 50.3 Å². The second kappa shape index (κ2) is 11.4. The number of benzene rings is 1. The van der Waals surface area contributed by atoms with Gasteiger partial charge in [0.2, 0.25) is 0 Å². The van der Waals surface area contributed by atoms with E-state index in [1.807, 2.05) is 0 Å². The van der Waals surface area contributed by atoms with Gasteiger partial charge in [0.1, 0.15) is 5.75 Å². The lowest BCUT2D eigenvalue weighted by molar-refractivity contribution is 0.0954. The molecule has 2 heterocycles. The maximum Gasteiger partial charge on any atom is 0.251 e. The predicted octanol–water partition coefficient (Wildman–Crippen LogP) is 2.71. The molecule has 2 aromatic rings. The number of nitrogens with one attached hydrogen (secondary N) is 3. The number of anilines is 1. The van der Waals surface area contributed by atoms with Gasteiger partial charge in [0.05, 0.1) is 18.7 Å². The van der Waals surface area contributed by atoms with Crippen LogP contribution in [0.3, 0.4) is 0 Å². The molecular weight excluding hydrogens is 398 g/mol. The van der Waals surface area contributed by atoms with E-state index in [-0.39, 0.29) is 5.91 Å². The molecule has 1 amide bonds. The maximum atomic E-state index is 12.2. The molecule has 0 radical (unpaired) electrons. The Hall–Kier alpha value is -2.74. The summed E-state index contributed by atoms with van der Waals surface area (Å²) >= 11 is 1.80. The summed E-state index contributed by atoms with van der Waals surface area (Å²) in [5.41, 5.74) is 0.613. The average molecular weight is 430 g/mol. The first-order chi connectivity index (χ1) is 14.7. The summed E-state index contributed by atoms with van der Waals surface area (Å²) in [5.74, 6) is 1.44. The maximum absolute atomic E-state index is 12.2. The third-order valence-corrected chi connectivity index (χ3v) is 5.95. The highest BCUT2D eigenvalue weighted by molar-refractivity contribution is 7.14. The van der Waals surface area contributed by atoms with E-state index < -0.39 is 0 Å². The van der Waals surface area contributed by atoms with Crippen molar-refractivity contribution in [3.05, 3.63) is 47.3 Å². The first kappa shape index (κ1) is 22.0. The number of nitrogens with zero attached hydrogens (tertiary/aromatic N) is 2. The Morgan fingerprint density at radius 2 is 1.97 bits per heavy atom. The van der Waals surface area contributed by atoms with Gasteiger partial charge in [-0.2, -0.15) is 0 Å². The van der Waals surface area contributed by atoms with Crippen molar-refractivity contribution < 1.29 is 9.53 Å². The Bertz CT molecular complexity index is 799. The molecule has 1 fully saturated rings. The highest BCUT2D eigenvalue weighted by Crippen LogP contribution is 2.24. The molecule has 0 unspecified atom stereocenters.